The van der Waals surface area contributed by atoms with E-state index in [1.165, 1.54) is 17.4 Å². The van der Waals surface area contributed by atoms with Gasteiger partial charge in [-0.25, -0.2) is 9.97 Å². The highest BCUT2D eigenvalue weighted by Crippen LogP contribution is 2.29. The van der Waals surface area contributed by atoms with Gasteiger partial charge >= 0.3 is 0 Å². The second-order valence-corrected chi connectivity index (χ2v) is 7.18. The van der Waals surface area contributed by atoms with E-state index < -0.39 is 0 Å². The number of nitrogens with one attached hydrogen (secondary N) is 1. The predicted molar refractivity (Wildman–Crippen MR) is 114 cm³/mol. The molecular weight excluding hydrogens is 398 g/mol. The number of furan rings is 1. The molecule has 9 nitrogen and oxygen atoms in total. The quantitative estimate of drug-likeness (QED) is 0.506. The molecule has 9 heteroatoms. The van der Waals surface area contributed by atoms with E-state index >= 15 is 0 Å². The molecule has 0 unspecified atom stereocenters. The maximum atomic E-state index is 13.2. The van der Waals surface area contributed by atoms with Crippen molar-refractivity contribution in [3.8, 4) is 11.5 Å². The normalized spacial score (nSPS) is 10.9. The van der Waals surface area contributed by atoms with Crippen molar-refractivity contribution >= 4 is 28.6 Å². The van der Waals surface area contributed by atoms with Crippen LogP contribution in [0.2, 0.25) is 0 Å². The molecule has 0 bridgehead atoms. The summed E-state index contributed by atoms with van der Waals surface area (Å²) in [5.41, 5.74) is 2.53. The summed E-state index contributed by atoms with van der Waals surface area (Å²) in [4.78, 5) is 35.2. The van der Waals surface area contributed by atoms with Gasteiger partial charge in [0.1, 0.15) is 11.4 Å². The molecule has 0 aromatic carbocycles. The number of aromatic nitrogens is 3. The molecule has 0 fully saturated rings. The minimum atomic E-state index is -0.366. The summed E-state index contributed by atoms with van der Waals surface area (Å²) in [5, 5.41) is 7.50. The van der Waals surface area contributed by atoms with Gasteiger partial charge in [0.2, 0.25) is 0 Å². The zero-order valence-corrected chi connectivity index (χ0v) is 17.4. The van der Waals surface area contributed by atoms with Gasteiger partial charge in [0.25, 0.3) is 17.5 Å². The first-order valence-electron chi connectivity index (χ1n) is 9.80. The number of aryl methyl sites for hydroxylation is 1. The van der Waals surface area contributed by atoms with E-state index in [0.717, 1.165) is 6.42 Å². The number of fused-ring (bicyclic) bond motifs is 1. The lowest BCUT2D eigenvalue weighted by molar-refractivity contribution is 0.0822. The third-order valence-corrected chi connectivity index (χ3v) is 4.67. The lowest BCUT2D eigenvalue weighted by Crippen LogP contribution is -2.22. The third kappa shape index (κ3) is 4.02. The van der Waals surface area contributed by atoms with Crippen molar-refractivity contribution in [1.82, 2.24) is 20.0 Å². The lowest BCUT2D eigenvalue weighted by Gasteiger charge is -2.10. The van der Waals surface area contributed by atoms with Gasteiger partial charge < -0.3 is 19.2 Å². The van der Waals surface area contributed by atoms with Gasteiger partial charge in [0.15, 0.2) is 5.76 Å². The standard InChI is InChI=1S/C22H21N5O4/c1-4-6-15-19-14(11-17(18-7-5-10-30-18)25-21(19)31-26-15)20(28)24-13-8-9-16(23-12-13)22(29)27(2)3/h5,7-12H,4,6H2,1-3H3,(H,24,28). The summed E-state index contributed by atoms with van der Waals surface area (Å²) in [7, 11) is 3.30. The molecular formula is C22H21N5O4. The van der Waals surface area contributed by atoms with Crippen molar-refractivity contribution in [2.45, 2.75) is 19.8 Å². The number of carbonyl (C=O) groups excluding carboxylic acids is 2. The number of rotatable bonds is 6. The largest absolute Gasteiger partial charge is 0.463 e. The Hall–Kier alpha value is -4.01. The summed E-state index contributed by atoms with van der Waals surface area (Å²) >= 11 is 0. The molecule has 0 saturated heterocycles. The van der Waals surface area contributed by atoms with Crippen LogP contribution in [0, 0.1) is 0 Å². The van der Waals surface area contributed by atoms with Crippen LogP contribution in [0.1, 0.15) is 39.9 Å². The van der Waals surface area contributed by atoms with Crippen molar-refractivity contribution in [2.24, 2.45) is 0 Å². The van der Waals surface area contributed by atoms with Gasteiger partial charge in [0.05, 0.1) is 34.8 Å². The number of carbonyl (C=O) groups is 2. The van der Waals surface area contributed by atoms with E-state index in [1.807, 2.05) is 6.92 Å². The highest BCUT2D eigenvalue weighted by Gasteiger charge is 2.22. The number of pyridine rings is 2. The van der Waals surface area contributed by atoms with Crippen LogP contribution < -0.4 is 5.32 Å². The summed E-state index contributed by atoms with van der Waals surface area (Å²) in [6, 6.07) is 8.35. The van der Waals surface area contributed by atoms with Crippen LogP contribution in [0.3, 0.4) is 0 Å². The molecule has 1 N–H and O–H groups in total. The molecule has 4 rings (SSSR count). The van der Waals surface area contributed by atoms with Crippen LogP contribution >= 0.6 is 0 Å². The fraction of sp³-hybridized carbons (Fsp3) is 0.227. The van der Waals surface area contributed by atoms with E-state index in [0.29, 0.717) is 45.9 Å². The zero-order chi connectivity index (χ0) is 22.0. The Kier molecular flexibility index (Phi) is 5.48. The van der Waals surface area contributed by atoms with Crippen molar-refractivity contribution in [3.63, 3.8) is 0 Å². The second kappa shape index (κ2) is 8.39. The first-order chi connectivity index (χ1) is 15.0. The fourth-order valence-electron chi connectivity index (χ4n) is 3.17. The van der Waals surface area contributed by atoms with Gasteiger partial charge in [-0.3, -0.25) is 9.59 Å². The molecule has 31 heavy (non-hydrogen) atoms. The molecule has 4 aromatic heterocycles. The summed E-state index contributed by atoms with van der Waals surface area (Å²) < 4.78 is 10.8. The Labute approximate surface area is 178 Å². The van der Waals surface area contributed by atoms with Crippen molar-refractivity contribution in [1.29, 1.82) is 0 Å². The van der Waals surface area contributed by atoms with Crippen LogP contribution in [0.25, 0.3) is 22.6 Å². The average Bonchev–Trinajstić information content (AvgIpc) is 3.44. The Balaban J connectivity index is 1.70. The minimum Gasteiger partial charge on any atom is -0.463 e. The topological polar surface area (TPSA) is 114 Å². The van der Waals surface area contributed by atoms with E-state index in [-0.39, 0.29) is 17.5 Å². The van der Waals surface area contributed by atoms with E-state index in [2.05, 4.69) is 20.4 Å². The molecule has 0 atom stereocenters. The number of amides is 2. The van der Waals surface area contributed by atoms with Gasteiger partial charge in [-0.05, 0) is 36.8 Å². The smallest absolute Gasteiger partial charge is 0.271 e. The fourth-order valence-corrected chi connectivity index (χ4v) is 3.17. The Morgan fingerprint density at radius 1 is 1.19 bits per heavy atom. The van der Waals surface area contributed by atoms with Crippen LogP contribution in [-0.2, 0) is 6.42 Å². The third-order valence-electron chi connectivity index (χ3n) is 4.67. The molecule has 2 amide bonds. The van der Waals surface area contributed by atoms with Crippen molar-refractivity contribution in [2.75, 3.05) is 19.4 Å². The molecule has 0 aliphatic heterocycles. The molecule has 4 heterocycles. The molecule has 0 aliphatic carbocycles. The predicted octanol–water partition coefficient (Wildman–Crippen LogP) is 3.78. The SMILES string of the molecule is CCCc1noc2nc(-c3ccco3)cc(C(=O)Nc3ccc(C(=O)N(C)C)nc3)c12. The summed E-state index contributed by atoms with van der Waals surface area (Å²) in [5.74, 6) is -0.0719. The minimum absolute atomic E-state index is 0.217. The Morgan fingerprint density at radius 3 is 2.68 bits per heavy atom. The molecule has 4 aromatic rings. The van der Waals surface area contributed by atoms with Crippen LogP contribution in [0.15, 0.2) is 51.7 Å². The van der Waals surface area contributed by atoms with E-state index in [9.17, 15) is 9.59 Å². The molecule has 0 aliphatic rings. The number of hydrogen-bond donors (Lipinski definition) is 1. The molecule has 0 saturated carbocycles. The monoisotopic (exact) mass is 419 g/mol. The Bertz CT molecular complexity index is 1230. The summed E-state index contributed by atoms with van der Waals surface area (Å²) in [6.07, 6.45) is 4.47. The first kappa shape index (κ1) is 20.3. The first-order valence-corrected chi connectivity index (χ1v) is 9.80. The molecule has 0 spiro atoms. The van der Waals surface area contributed by atoms with E-state index in [1.54, 1.807) is 44.4 Å². The number of nitrogens with zero attached hydrogens (tertiary/aromatic N) is 4. The maximum absolute atomic E-state index is 13.2. The van der Waals surface area contributed by atoms with Gasteiger partial charge in [-0.1, -0.05) is 18.5 Å². The maximum Gasteiger partial charge on any atom is 0.271 e. The summed E-state index contributed by atoms with van der Waals surface area (Å²) in [6.45, 7) is 2.02. The number of anilines is 1. The van der Waals surface area contributed by atoms with Crippen molar-refractivity contribution in [3.05, 3.63) is 59.7 Å². The number of hydrogen-bond acceptors (Lipinski definition) is 7. The highest BCUT2D eigenvalue weighted by atomic mass is 16.5. The van der Waals surface area contributed by atoms with Crippen LogP contribution in [-0.4, -0.2) is 45.9 Å². The molecule has 158 valence electrons. The Morgan fingerprint density at radius 2 is 2.03 bits per heavy atom. The van der Waals surface area contributed by atoms with E-state index in [4.69, 9.17) is 8.94 Å². The highest BCUT2D eigenvalue weighted by molar-refractivity contribution is 6.13. The van der Waals surface area contributed by atoms with Crippen LogP contribution in [0.5, 0.6) is 0 Å². The molecule has 0 radical (unpaired) electrons. The average molecular weight is 419 g/mol. The van der Waals surface area contributed by atoms with Crippen molar-refractivity contribution < 1.29 is 18.5 Å². The second-order valence-electron chi connectivity index (χ2n) is 7.18. The van der Waals surface area contributed by atoms with Gasteiger partial charge in [-0.15, -0.1) is 0 Å². The van der Waals surface area contributed by atoms with Gasteiger partial charge in [0, 0.05) is 14.1 Å². The van der Waals surface area contributed by atoms with Gasteiger partial charge in [-0.2, -0.15) is 0 Å². The van der Waals surface area contributed by atoms with Crippen LogP contribution in [0.4, 0.5) is 5.69 Å². The zero-order valence-electron chi connectivity index (χ0n) is 17.4. The lowest BCUT2D eigenvalue weighted by atomic mass is 10.1.